The number of nitrogens with one attached hydrogen (secondary N) is 1. The quantitative estimate of drug-likeness (QED) is 0.620. The first-order chi connectivity index (χ1) is 11.1. The Kier molecular flexibility index (Phi) is 6.81. The summed E-state index contributed by atoms with van der Waals surface area (Å²) in [5.41, 5.74) is 1.89. The monoisotopic (exact) mass is 319 g/mol. The molecule has 0 saturated carbocycles. The molecule has 1 N–H and O–H groups in total. The van der Waals surface area contributed by atoms with E-state index in [4.69, 9.17) is 0 Å². The Morgan fingerprint density at radius 1 is 1.30 bits per heavy atom. The Hall–Kier alpha value is -1.65. The van der Waals surface area contributed by atoms with E-state index < -0.39 is 0 Å². The lowest BCUT2D eigenvalue weighted by atomic mass is 10.1. The molecule has 0 saturated heterocycles. The molecule has 0 aromatic carbocycles. The largest absolute Gasteiger partial charge is 0.352 e. The van der Waals surface area contributed by atoms with Gasteiger partial charge in [-0.1, -0.05) is 32.6 Å². The number of carbonyl (C=O) groups excluding carboxylic acids is 1. The van der Waals surface area contributed by atoms with Crippen molar-refractivity contribution in [2.45, 2.75) is 84.2 Å². The molecule has 5 heteroatoms. The van der Waals surface area contributed by atoms with E-state index in [1.165, 1.54) is 23.9 Å². The number of amides is 1. The molecule has 5 nitrogen and oxygen atoms in total. The van der Waals surface area contributed by atoms with Gasteiger partial charge in [-0.25, -0.2) is 4.68 Å². The molecule has 0 spiro atoms. The lowest BCUT2D eigenvalue weighted by Crippen LogP contribution is -2.38. The lowest BCUT2D eigenvalue weighted by Gasteiger charge is -2.14. The molecule has 23 heavy (non-hydrogen) atoms. The van der Waals surface area contributed by atoms with Crippen LogP contribution >= 0.6 is 0 Å². The molecule has 1 aromatic rings. The maximum Gasteiger partial charge on any atom is 0.267 e. The van der Waals surface area contributed by atoms with Crippen LogP contribution < -0.4 is 10.9 Å². The second-order valence-electron chi connectivity index (χ2n) is 6.64. The third-order valence-electron chi connectivity index (χ3n) is 4.47. The van der Waals surface area contributed by atoms with E-state index in [-0.39, 0.29) is 24.1 Å². The van der Waals surface area contributed by atoms with Gasteiger partial charge in [0.15, 0.2) is 0 Å². The molecule has 128 valence electrons. The first-order valence-electron chi connectivity index (χ1n) is 8.99. The normalized spacial score (nSPS) is 15.6. The molecule has 1 aliphatic rings. The molecule has 2 rings (SSSR count). The first-order valence-corrected chi connectivity index (χ1v) is 8.99. The zero-order valence-electron chi connectivity index (χ0n) is 14.4. The summed E-state index contributed by atoms with van der Waals surface area (Å²) in [6, 6.07) is 1.82. The van der Waals surface area contributed by atoms with Crippen molar-refractivity contribution < 1.29 is 4.79 Å². The minimum atomic E-state index is -0.167. The van der Waals surface area contributed by atoms with Gasteiger partial charge in [0.1, 0.15) is 6.54 Å². The molecule has 0 fully saturated rings. The van der Waals surface area contributed by atoms with Gasteiger partial charge in [0.05, 0.1) is 5.69 Å². The van der Waals surface area contributed by atoms with Gasteiger partial charge in [-0.2, -0.15) is 5.10 Å². The lowest BCUT2D eigenvalue weighted by molar-refractivity contribution is -0.122. The number of hydrogen-bond acceptors (Lipinski definition) is 3. The number of rotatable bonds is 7. The zero-order valence-corrected chi connectivity index (χ0v) is 14.4. The highest BCUT2D eigenvalue weighted by atomic mass is 16.2. The van der Waals surface area contributed by atoms with Crippen LogP contribution in [0.15, 0.2) is 10.9 Å². The van der Waals surface area contributed by atoms with Crippen LogP contribution in [0, 0.1) is 0 Å². The molecular weight excluding hydrogens is 290 g/mol. The van der Waals surface area contributed by atoms with Gasteiger partial charge in [0.2, 0.25) is 5.91 Å². The molecule has 1 aromatic heterocycles. The summed E-state index contributed by atoms with van der Waals surface area (Å²) in [6.45, 7) is 4.20. The van der Waals surface area contributed by atoms with E-state index in [1.54, 1.807) is 6.07 Å². The van der Waals surface area contributed by atoms with Crippen LogP contribution in [0.5, 0.6) is 0 Å². The maximum atomic E-state index is 12.2. The van der Waals surface area contributed by atoms with E-state index in [0.29, 0.717) is 0 Å². The van der Waals surface area contributed by atoms with Crippen LogP contribution in [0.2, 0.25) is 0 Å². The third kappa shape index (κ3) is 5.48. The number of aromatic nitrogens is 2. The first kappa shape index (κ1) is 17.7. The molecule has 0 bridgehead atoms. The molecule has 1 aliphatic carbocycles. The Morgan fingerprint density at radius 3 is 2.87 bits per heavy atom. The van der Waals surface area contributed by atoms with Gasteiger partial charge in [-0.3, -0.25) is 9.59 Å². The number of unbranched alkanes of at least 4 members (excludes halogenated alkanes) is 2. The van der Waals surface area contributed by atoms with Gasteiger partial charge in [-0.15, -0.1) is 0 Å². The van der Waals surface area contributed by atoms with Crippen LogP contribution in [0.3, 0.4) is 0 Å². The Bertz CT molecular complexity index is 580. The second-order valence-corrected chi connectivity index (χ2v) is 6.64. The predicted molar refractivity (Wildman–Crippen MR) is 91.5 cm³/mol. The Morgan fingerprint density at radius 2 is 2.09 bits per heavy atom. The van der Waals surface area contributed by atoms with Gasteiger partial charge in [-0.05, 0) is 44.6 Å². The maximum absolute atomic E-state index is 12.2. The summed E-state index contributed by atoms with van der Waals surface area (Å²) < 4.78 is 1.32. The summed E-state index contributed by atoms with van der Waals surface area (Å²) in [4.78, 5) is 24.3. The number of aryl methyl sites for hydroxylation is 2. The third-order valence-corrected chi connectivity index (χ3v) is 4.47. The van der Waals surface area contributed by atoms with Crippen LogP contribution in [-0.2, 0) is 24.2 Å². The standard InChI is InChI=1S/C18H29N3O2/c1-3-4-6-9-14(2)19-17(22)13-21-18(23)12-15-10-7-5-8-11-16(15)20-21/h12,14H,3-11,13H2,1-2H3,(H,19,22)/t14-/m0/s1. The predicted octanol–water partition coefficient (Wildman–Crippen LogP) is 2.60. The summed E-state index contributed by atoms with van der Waals surface area (Å²) in [6.07, 6.45) is 9.71. The zero-order chi connectivity index (χ0) is 16.7. The van der Waals surface area contributed by atoms with Gasteiger partial charge >= 0.3 is 0 Å². The van der Waals surface area contributed by atoms with Crippen LogP contribution in [0.4, 0.5) is 0 Å². The SMILES string of the molecule is CCCCC[C@H](C)NC(=O)Cn1nc2c(cc1=O)CCCCC2. The highest BCUT2D eigenvalue weighted by Gasteiger charge is 2.14. The van der Waals surface area contributed by atoms with Crippen LogP contribution in [-0.4, -0.2) is 21.7 Å². The van der Waals surface area contributed by atoms with E-state index >= 15 is 0 Å². The van der Waals surface area contributed by atoms with Crippen molar-refractivity contribution in [3.63, 3.8) is 0 Å². The van der Waals surface area contributed by atoms with Crippen LogP contribution in [0.1, 0.15) is 70.1 Å². The van der Waals surface area contributed by atoms with Gasteiger partial charge in [0.25, 0.3) is 5.56 Å². The van der Waals surface area contributed by atoms with Crippen molar-refractivity contribution in [1.82, 2.24) is 15.1 Å². The van der Waals surface area contributed by atoms with Crippen molar-refractivity contribution in [3.05, 3.63) is 27.7 Å². The van der Waals surface area contributed by atoms with Crippen molar-refractivity contribution in [1.29, 1.82) is 0 Å². The summed E-state index contributed by atoms with van der Waals surface area (Å²) in [5.74, 6) is -0.128. The minimum Gasteiger partial charge on any atom is -0.352 e. The van der Waals surface area contributed by atoms with E-state index in [9.17, 15) is 9.59 Å². The van der Waals surface area contributed by atoms with E-state index in [1.807, 2.05) is 6.92 Å². The smallest absolute Gasteiger partial charge is 0.267 e. The Balaban J connectivity index is 1.95. The van der Waals surface area contributed by atoms with E-state index in [0.717, 1.165) is 49.8 Å². The molecule has 0 aliphatic heterocycles. The Labute approximate surface area is 138 Å². The molecule has 0 radical (unpaired) electrons. The highest BCUT2D eigenvalue weighted by molar-refractivity contribution is 5.75. The van der Waals surface area contributed by atoms with Gasteiger partial charge < -0.3 is 5.32 Å². The van der Waals surface area contributed by atoms with Crippen molar-refractivity contribution in [2.75, 3.05) is 0 Å². The fourth-order valence-electron chi connectivity index (χ4n) is 3.12. The number of fused-ring (bicyclic) bond motifs is 1. The fraction of sp³-hybridized carbons (Fsp3) is 0.722. The topological polar surface area (TPSA) is 64.0 Å². The van der Waals surface area contributed by atoms with Gasteiger partial charge in [0, 0.05) is 12.1 Å². The van der Waals surface area contributed by atoms with Crippen molar-refractivity contribution in [3.8, 4) is 0 Å². The second kappa shape index (κ2) is 8.85. The molecule has 0 unspecified atom stereocenters. The number of hydrogen-bond donors (Lipinski definition) is 1. The summed E-state index contributed by atoms with van der Waals surface area (Å²) >= 11 is 0. The number of carbonyl (C=O) groups is 1. The van der Waals surface area contributed by atoms with E-state index in [2.05, 4.69) is 17.3 Å². The molecule has 1 amide bonds. The summed E-state index contributed by atoms with van der Waals surface area (Å²) in [5, 5.41) is 7.41. The summed E-state index contributed by atoms with van der Waals surface area (Å²) in [7, 11) is 0. The molecular formula is C18H29N3O2. The molecule has 1 atom stereocenters. The van der Waals surface area contributed by atoms with Crippen molar-refractivity contribution in [2.24, 2.45) is 0 Å². The average molecular weight is 319 g/mol. The van der Waals surface area contributed by atoms with Crippen molar-refractivity contribution >= 4 is 5.91 Å². The molecule has 1 heterocycles. The fourth-order valence-corrected chi connectivity index (χ4v) is 3.12. The highest BCUT2D eigenvalue weighted by Crippen LogP contribution is 2.16. The average Bonchev–Trinajstić information content (AvgIpc) is 2.72. The number of nitrogens with zero attached hydrogens (tertiary/aromatic N) is 2. The van der Waals surface area contributed by atoms with Crippen LogP contribution in [0.25, 0.3) is 0 Å². The minimum absolute atomic E-state index is 0.0181.